The summed E-state index contributed by atoms with van der Waals surface area (Å²) in [5.74, 6) is -2.04. The van der Waals surface area contributed by atoms with E-state index < -0.39 is 17.7 Å². The Labute approximate surface area is 120 Å². The molecule has 0 aliphatic carbocycles. The van der Waals surface area contributed by atoms with Gasteiger partial charge < -0.3 is 16.2 Å². The predicted molar refractivity (Wildman–Crippen MR) is 74.9 cm³/mol. The molecule has 0 fully saturated rings. The summed E-state index contributed by atoms with van der Waals surface area (Å²) < 4.78 is 18.7. The number of amides is 1. The molecule has 5 nitrogen and oxygen atoms in total. The van der Waals surface area contributed by atoms with E-state index >= 15 is 0 Å². The Morgan fingerprint density at radius 3 is 2.48 bits per heavy atom. The molecule has 2 aromatic carbocycles. The van der Waals surface area contributed by atoms with E-state index in [-0.39, 0.29) is 29.0 Å². The molecular formula is C15H13FN2O3. The first-order chi connectivity index (χ1) is 9.99. The van der Waals surface area contributed by atoms with E-state index in [1.165, 1.54) is 18.2 Å². The Morgan fingerprint density at radius 2 is 1.86 bits per heavy atom. The number of ether oxygens (including phenoxy) is 1. The van der Waals surface area contributed by atoms with E-state index in [1.807, 2.05) is 0 Å². The zero-order valence-corrected chi connectivity index (χ0v) is 11.0. The van der Waals surface area contributed by atoms with Crippen molar-refractivity contribution >= 4 is 17.6 Å². The summed E-state index contributed by atoms with van der Waals surface area (Å²) in [6, 6.07) is 10.1. The lowest BCUT2D eigenvalue weighted by molar-refractivity contribution is 0.0470. The van der Waals surface area contributed by atoms with Crippen LogP contribution in [-0.2, 0) is 11.3 Å². The highest BCUT2D eigenvalue weighted by Crippen LogP contribution is 2.15. The van der Waals surface area contributed by atoms with Crippen molar-refractivity contribution in [2.24, 2.45) is 5.73 Å². The molecular weight excluding hydrogens is 275 g/mol. The Bertz CT molecular complexity index is 701. The number of carbonyl (C=O) groups is 2. The van der Waals surface area contributed by atoms with E-state index in [4.69, 9.17) is 16.2 Å². The van der Waals surface area contributed by atoms with Gasteiger partial charge in [0.05, 0.1) is 5.56 Å². The van der Waals surface area contributed by atoms with Gasteiger partial charge in [0, 0.05) is 16.8 Å². The predicted octanol–water partition coefficient (Wildman–Crippen LogP) is 1.86. The van der Waals surface area contributed by atoms with E-state index in [1.54, 1.807) is 18.2 Å². The first-order valence-electron chi connectivity index (χ1n) is 6.09. The molecule has 2 rings (SSSR count). The van der Waals surface area contributed by atoms with Crippen LogP contribution in [0.5, 0.6) is 0 Å². The minimum Gasteiger partial charge on any atom is -0.457 e. The third-order valence-corrected chi connectivity index (χ3v) is 2.88. The molecule has 0 bridgehead atoms. The average molecular weight is 288 g/mol. The van der Waals surface area contributed by atoms with Crippen LogP contribution in [0.4, 0.5) is 10.1 Å². The van der Waals surface area contributed by atoms with Gasteiger partial charge in [0.2, 0.25) is 5.91 Å². The van der Waals surface area contributed by atoms with Gasteiger partial charge in [0.1, 0.15) is 12.4 Å². The van der Waals surface area contributed by atoms with E-state index in [9.17, 15) is 14.0 Å². The molecule has 108 valence electrons. The minimum atomic E-state index is -0.727. The Hall–Kier alpha value is -2.89. The summed E-state index contributed by atoms with van der Waals surface area (Å²) in [6.07, 6.45) is 0. The van der Waals surface area contributed by atoms with Crippen molar-refractivity contribution in [3.8, 4) is 0 Å². The number of hydrogen-bond acceptors (Lipinski definition) is 4. The van der Waals surface area contributed by atoms with Crippen LogP contribution >= 0.6 is 0 Å². The van der Waals surface area contributed by atoms with Crippen LogP contribution in [0, 0.1) is 5.82 Å². The number of para-hydroxylation sites is 1. The number of nitrogen functional groups attached to an aromatic ring is 1. The van der Waals surface area contributed by atoms with Crippen LogP contribution in [-0.4, -0.2) is 11.9 Å². The van der Waals surface area contributed by atoms with E-state index in [2.05, 4.69) is 0 Å². The number of esters is 1. The second-order valence-electron chi connectivity index (χ2n) is 4.33. The SMILES string of the molecule is NC(=O)c1ccc(COC(=O)c2ccccc2N)c(F)c1. The average Bonchev–Trinajstić information content (AvgIpc) is 2.46. The number of halogens is 1. The maximum atomic E-state index is 13.7. The molecule has 1 amide bonds. The highest BCUT2D eigenvalue weighted by Gasteiger charge is 2.13. The van der Waals surface area contributed by atoms with Crippen LogP contribution in [0.25, 0.3) is 0 Å². The van der Waals surface area contributed by atoms with Gasteiger partial charge in [-0.2, -0.15) is 0 Å². The van der Waals surface area contributed by atoms with Gasteiger partial charge in [-0.3, -0.25) is 4.79 Å². The Kier molecular flexibility index (Phi) is 4.18. The quantitative estimate of drug-likeness (QED) is 0.663. The number of anilines is 1. The van der Waals surface area contributed by atoms with Gasteiger partial charge in [-0.1, -0.05) is 18.2 Å². The van der Waals surface area contributed by atoms with Crippen LogP contribution in [0.1, 0.15) is 26.3 Å². The zero-order chi connectivity index (χ0) is 15.4. The molecule has 0 spiro atoms. The normalized spacial score (nSPS) is 10.1. The highest BCUT2D eigenvalue weighted by molar-refractivity contribution is 5.95. The van der Waals surface area contributed by atoms with Gasteiger partial charge in [-0.15, -0.1) is 0 Å². The second kappa shape index (κ2) is 6.04. The minimum absolute atomic E-state index is 0.0508. The fraction of sp³-hybridized carbons (Fsp3) is 0.0667. The molecule has 6 heteroatoms. The summed E-state index contributed by atoms with van der Waals surface area (Å²) in [7, 11) is 0. The summed E-state index contributed by atoms with van der Waals surface area (Å²) in [6.45, 7) is -0.266. The maximum Gasteiger partial charge on any atom is 0.340 e. The molecule has 0 saturated heterocycles. The van der Waals surface area contributed by atoms with Crippen molar-refractivity contribution in [2.45, 2.75) is 6.61 Å². The lowest BCUT2D eigenvalue weighted by atomic mass is 10.1. The summed E-state index contributed by atoms with van der Waals surface area (Å²) in [5.41, 5.74) is 11.4. The Morgan fingerprint density at radius 1 is 1.14 bits per heavy atom. The molecule has 0 unspecified atom stereocenters. The van der Waals surface area contributed by atoms with Crippen LogP contribution in [0.15, 0.2) is 42.5 Å². The number of hydrogen-bond donors (Lipinski definition) is 2. The van der Waals surface area contributed by atoms with Crippen LogP contribution in [0.2, 0.25) is 0 Å². The Balaban J connectivity index is 2.08. The van der Waals surface area contributed by atoms with Crippen molar-refractivity contribution in [2.75, 3.05) is 5.73 Å². The maximum absolute atomic E-state index is 13.7. The summed E-state index contributed by atoms with van der Waals surface area (Å²) in [4.78, 5) is 22.7. The topological polar surface area (TPSA) is 95.4 Å². The number of rotatable bonds is 4. The third kappa shape index (κ3) is 3.36. The van der Waals surface area contributed by atoms with E-state index in [0.717, 1.165) is 6.07 Å². The number of primary amides is 1. The molecule has 0 aromatic heterocycles. The zero-order valence-electron chi connectivity index (χ0n) is 11.0. The molecule has 0 aliphatic rings. The molecule has 0 radical (unpaired) electrons. The summed E-state index contributed by atoms with van der Waals surface area (Å²) in [5, 5.41) is 0. The van der Waals surface area contributed by atoms with Gasteiger partial charge in [0.25, 0.3) is 0 Å². The van der Waals surface area contributed by atoms with Gasteiger partial charge in [0.15, 0.2) is 0 Å². The van der Waals surface area contributed by atoms with Gasteiger partial charge >= 0.3 is 5.97 Å². The fourth-order valence-electron chi connectivity index (χ4n) is 1.72. The van der Waals surface area contributed by atoms with Crippen molar-refractivity contribution in [3.05, 3.63) is 65.0 Å². The molecule has 2 aromatic rings. The number of benzene rings is 2. The van der Waals surface area contributed by atoms with Crippen LogP contribution in [0.3, 0.4) is 0 Å². The monoisotopic (exact) mass is 288 g/mol. The largest absolute Gasteiger partial charge is 0.457 e. The lowest BCUT2D eigenvalue weighted by Crippen LogP contribution is -2.12. The molecule has 0 atom stereocenters. The van der Waals surface area contributed by atoms with E-state index in [0.29, 0.717) is 0 Å². The van der Waals surface area contributed by atoms with Crippen molar-refractivity contribution < 1.29 is 18.7 Å². The molecule has 0 heterocycles. The van der Waals surface area contributed by atoms with Gasteiger partial charge in [-0.05, 0) is 24.3 Å². The number of nitrogens with two attached hydrogens (primary N) is 2. The van der Waals surface area contributed by atoms with Gasteiger partial charge in [-0.25, -0.2) is 9.18 Å². The van der Waals surface area contributed by atoms with Crippen LogP contribution < -0.4 is 11.5 Å². The van der Waals surface area contributed by atoms with Crippen molar-refractivity contribution in [3.63, 3.8) is 0 Å². The smallest absolute Gasteiger partial charge is 0.340 e. The first-order valence-corrected chi connectivity index (χ1v) is 6.09. The molecule has 21 heavy (non-hydrogen) atoms. The second-order valence-corrected chi connectivity index (χ2v) is 4.33. The standard InChI is InChI=1S/C15H13FN2O3/c16-12-7-9(14(18)19)5-6-10(12)8-21-15(20)11-3-1-2-4-13(11)17/h1-7H,8,17H2,(H2,18,19). The first kappa shape index (κ1) is 14.5. The van der Waals surface area contributed by atoms with Crippen molar-refractivity contribution in [1.82, 2.24) is 0 Å². The number of carbonyl (C=O) groups excluding carboxylic acids is 2. The van der Waals surface area contributed by atoms with Crippen molar-refractivity contribution in [1.29, 1.82) is 0 Å². The molecule has 0 saturated carbocycles. The summed E-state index contributed by atoms with van der Waals surface area (Å²) >= 11 is 0. The fourth-order valence-corrected chi connectivity index (χ4v) is 1.72. The third-order valence-electron chi connectivity index (χ3n) is 2.88. The molecule has 4 N–H and O–H groups in total. The highest BCUT2D eigenvalue weighted by atomic mass is 19.1. The lowest BCUT2D eigenvalue weighted by Gasteiger charge is -2.08. The molecule has 0 aliphatic heterocycles.